The highest BCUT2D eigenvalue weighted by molar-refractivity contribution is 5.84. The lowest BCUT2D eigenvalue weighted by molar-refractivity contribution is -0.181. The molecule has 4 heteroatoms. The molecule has 11 heavy (non-hydrogen) atoms. The minimum Gasteiger partial charge on any atom is -0.502 e. The molecule has 0 bridgehead atoms. The van der Waals surface area contributed by atoms with Gasteiger partial charge < -0.3 is 9.94 Å². The van der Waals surface area contributed by atoms with E-state index in [0.29, 0.717) is 6.54 Å². The van der Waals surface area contributed by atoms with E-state index in [4.69, 9.17) is 5.11 Å². The first-order chi connectivity index (χ1) is 5.07. The lowest BCUT2D eigenvalue weighted by Gasteiger charge is -2.13. The molecular weight excluding hydrogens is 146 g/mol. The maximum atomic E-state index is 10.6. The van der Waals surface area contributed by atoms with Crippen molar-refractivity contribution in [2.24, 2.45) is 0 Å². The van der Waals surface area contributed by atoms with Crippen LogP contribution < -0.4 is 0 Å². The Bertz CT molecular complexity index is 156. The number of hydrogen-bond donors (Lipinski definition) is 1. The highest BCUT2D eigenvalue weighted by Crippen LogP contribution is 1.93. The van der Waals surface area contributed by atoms with Gasteiger partial charge in [-0.25, -0.2) is 4.79 Å². The van der Waals surface area contributed by atoms with Gasteiger partial charge in [-0.2, -0.15) is 0 Å². The van der Waals surface area contributed by atoms with E-state index in [9.17, 15) is 4.79 Å². The lowest BCUT2D eigenvalue weighted by Crippen LogP contribution is -2.24. The van der Waals surface area contributed by atoms with E-state index in [0.717, 1.165) is 6.42 Å². The summed E-state index contributed by atoms with van der Waals surface area (Å²) in [4.78, 5) is 15.2. The van der Waals surface area contributed by atoms with Gasteiger partial charge in [0.1, 0.15) is 0 Å². The van der Waals surface area contributed by atoms with E-state index >= 15 is 0 Å². The van der Waals surface area contributed by atoms with Crippen LogP contribution in [0.2, 0.25) is 0 Å². The summed E-state index contributed by atoms with van der Waals surface area (Å²) in [6.45, 7) is 5.62. The molecule has 0 atom stereocenters. The number of aliphatic hydroxyl groups excluding tert-OH is 1. The van der Waals surface area contributed by atoms with E-state index < -0.39 is 11.7 Å². The molecule has 0 aromatic carbocycles. The quantitative estimate of drug-likeness (QED) is 0.375. The van der Waals surface area contributed by atoms with E-state index in [2.05, 4.69) is 11.4 Å². The van der Waals surface area contributed by atoms with Gasteiger partial charge in [0, 0.05) is 13.6 Å². The molecule has 0 rings (SSSR count). The third-order valence-corrected chi connectivity index (χ3v) is 1.01. The Hall–Kier alpha value is -1.03. The van der Waals surface area contributed by atoms with Crippen molar-refractivity contribution in [3.63, 3.8) is 0 Å². The minimum atomic E-state index is -0.805. The molecule has 0 radical (unpaired) electrons. The topological polar surface area (TPSA) is 49.8 Å². The summed E-state index contributed by atoms with van der Waals surface area (Å²) >= 11 is 0. The van der Waals surface area contributed by atoms with Crippen LogP contribution in [0.4, 0.5) is 0 Å². The average molecular weight is 159 g/mol. The van der Waals surface area contributed by atoms with Crippen LogP contribution in [0.15, 0.2) is 12.3 Å². The number of rotatable bonds is 4. The van der Waals surface area contributed by atoms with Crippen LogP contribution >= 0.6 is 0 Å². The highest BCUT2D eigenvalue weighted by Gasteiger charge is 2.08. The van der Waals surface area contributed by atoms with Gasteiger partial charge in [0.2, 0.25) is 0 Å². The zero-order chi connectivity index (χ0) is 8.85. The van der Waals surface area contributed by atoms with Gasteiger partial charge in [0.05, 0.1) is 0 Å². The van der Waals surface area contributed by atoms with E-state index in [1.807, 2.05) is 6.92 Å². The lowest BCUT2D eigenvalue weighted by atomic mass is 10.5. The standard InChI is InChI=1S/C7H13NO3/c1-4-5-8(3)11-7(10)6(2)9/h9H,2,4-5H2,1,3H3. The van der Waals surface area contributed by atoms with Gasteiger partial charge in [-0.3, -0.25) is 0 Å². The molecule has 1 N–H and O–H groups in total. The summed E-state index contributed by atoms with van der Waals surface area (Å²) in [5.41, 5.74) is 0. The largest absolute Gasteiger partial charge is 0.502 e. The van der Waals surface area contributed by atoms with Crippen LogP contribution in [0.1, 0.15) is 13.3 Å². The van der Waals surface area contributed by atoms with Gasteiger partial charge in [-0.05, 0) is 13.0 Å². The summed E-state index contributed by atoms with van der Waals surface area (Å²) in [5.74, 6) is -1.38. The first kappa shape index (κ1) is 9.97. The van der Waals surface area contributed by atoms with Crippen LogP contribution in [-0.2, 0) is 9.63 Å². The maximum Gasteiger partial charge on any atom is 0.391 e. The molecular formula is C7H13NO3. The van der Waals surface area contributed by atoms with Crippen LogP contribution in [0.5, 0.6) is 0 Å². The fraction of sp³-hybridized carbons (Fsp3) is 0.571. The zero-order valence-electron chi connectivity index (χ0n) is 6.83. The number of carbonyl (C=O) groups is 1. The molecule has 0 saturated heterocycles. The second-order valence-corrected chi connectivity index (χ2v) is 2.18. The van der Waals surface area contributed by atoms with Gasteiger partial charge in [0.15, 0.2) is 5.76 Å². The predicted octanol–water partition coefficient (Wildman–Crippen LogP) is 0.858. The summed E-state index contributed by atoms with van der Waals surface area (Å²) in [6.07, 6.45) is 0.877. The predicted molar refractivity (Wildman–Crippen MR) is 40.8 cm³/mol. The third-order valence-electron chi connectivity index (χ3n) is 1.01. The number of hydroxylamine groups is 2. The molecule has 64 valence electrons. The second-order valence-electron chi connectivity index (χ2n) is 2.18. The van der Waals surface area contributed by atoms with Crippen molar-refractivity contribution >= 4 is 5.97 Å². The van der Waals surface area contributed by atoms with Gasteiger partial charge in [0.25, 0.3) is 0 Å². The zero-order valence-corrected chi connectivity index (χ0v) is 6.83. The average Bonchev–Trinajstić information content (AvgIpc) is 1.87. The molecule has 4 nitrogen and oxygen atoms in total. The Kier molecular flexibility index (Phi) is 4.29. The van der Waals surface area contributed by atoms with Crippen LogP contribution in [0, 0.1) is 0 Å². The maximum absolute atomic E-state index is 10.6. The molecule has 0 aromatic rings. The SMILES string of the molecule is C=C(O)C(=O)ON(C)CCC. The fourth-order valence-corrected chi connectivity index (χ4v) is 0.555. The number of carbonyl (C=O) groups excluding carboxylic acids is 1. The molecule has 0 spiro atoms. The molecule has 0 unspecified atom stereocenters. The second kappa shape index (κ2) is 4.73. The van der Waals surface area contributed by atoms with Gasteiger partial charge >= 0.3 is 5.97 Å². The first-order valence-electron chi connectivity index (χ1n) is 3.39. The Balaban J connectivity index is 3.66. The van der Waals surface area contributed by atoms with Crippen molar-refractivity contribution in [2.75, 3.05) is 13.6 Å². The van der Waals surface area contributed by atoms with Gasteiger partial charge in [-0.15, -0.1) is 5.06 Å². The van der Waals surface area contributed by atoms with Crippen LogP contribution in [0.3, 0.4) is 0 Å². The Labute approximate surface area is 66.0 Å². The first-order valence-corrected chi connectivity index (χ1v) is 3.39. The van der Waals surface area contributed by atoms with Crippen LogP contribution in [-0.4, -0.2) is 29.7 Å². The summed E-state index contributed by atoms with van der Waals surface area (Å²) in [5, 5.41) is 9.89. The van der Waals surface area contributed by atoms with Gasteiger partial charge in [-0.1, -0.05) is 6.92 Å². The molecule has 0 amide bonds. The molecule has 0 aliphatic carbocycles. The fourth-order valence-electron chi connectivity index (χ4n) is 0.555. The molecule has 0 fully saturated rings. The molecule has 0 aromatic heterocycles. The van der Waals surface area contributed by atoms with Crippen LogP contribution in [0.25, 0.3) is 0 Å². The smallest absolute Gasteiger partial charge is 0.391 e. The Morgan fingerprint density at radius 2 is 2.27 bits per heavy atom. The minimum absolute atomic E-state index is 0.576. The Morgan fingerprint density at radius 1 is 1.73 bits per heavy atom. The summed E-state index contributed by atoms with van der Waals surface area (Å²) in [6, 6.07) is 0. The van der Waals surface area contributed by atoms with E-state index in [-0.39, 0.29) is 0 Å². The summed E-state index contributed by atoms with van der Waals surface area (Å²) < 4.78 is 0. The number of nitrogens with zero attached hydrogens (tertiary/aromatic N) is 1. The third kappa shape index (κ3) is 4.38. The molecule has 0 saturated carbocycles. The normalized spacial score (nSPS) is 9.73. The van der Waals surface area contributed by atoms with E-state index in [1.165, 1.54) is 5.06 Å². The number of aliphatic hydroxyl groups is 1. The Morgan fingerprint density at radius 3 is 2.64 bits per heavy atom. The monoisotopic (exact) mass is 159 g/mol. The molecule has 0 heterocycles. The van der Waals surface area contributed by atoms with E-state index in [1.54, 1.807) is 7.05 Å². The van der Waals surface area contributed by atoms with Crippen molar-refractivity contribution in [3.05, 3.63) is 12.3 Å². The highest BCUT2D eigenvalue weighted by atomic mass is 16.7. The molecule has 0 aliphatic rings. The van der Waals surface area contributed by atoms with Crippen molar-refractivity contribution in [1.29, 1.82) is 0 Å². The summed E-state index contributed by atoms with van der Waals surface area (Å²) in [7, 11) is 1.62. The van der Waals surface area contributed by atoms with Crippen molar-refractivity contribution < 1.29 is 14.7 Å². The number of hydrogen-bond acceptors (Lipinski definition) is 4. The van der Waals surface area contributed by atoms with Crippen molar-refractivity contribution in [3.8, 4) is 0 Å². The van der Waals surface area contributed by atoms with Crippen molar-refractivity contribution in [1.82, 2.24) is 5.06 Å². The van der Waals surface area contributed by atoms with Crippen molar-refractivity contribution in [2.45, 2.75) is 13.3 Å². The molecule has 0 aliphatic heterocycles.